The number of rotatable bonds is 5. The Balaban J connectivity index is 0.00000210. The second-order valence-electron chi connectivity index (χ2n) is 6.70. The fourth-order valence-electron chi connectivity index (χ4n) is 3.35. The van der Waals surface area contributed by atoms with Gasteiger partial charge in [0.25, 0.3) is 0 Å². The molecule has 1 aromatic heterocycles. The third-order valence-corrected chi connectivity index (χ3v) is 4.88. The summed E-state index contributed by atoms with van der Waals surface area (Å²) in [6, 6.07) is 4.10. The van der Waals surface area contributed by atoms with Crippen LogP contribution in [0.15, 0.2) is 30.6 Å². The average molecular weight is 446 g/mol. The van der Waals surface area contributed by atoms with Crippen molar-refractivity contribution >= 4 is 42.2 Å². The van der Waals surface area contributed by atoms with E-state index >= 15 is 0 Å². The zero-order valence-electron chi connectivity index (χ0n) is 16.6. The highest BCUT2D eigenvalue weighted by molar-refractivity contribution is 5.94. The number of piperazine rings is 1. The number of ketones is 1. The smallest absolute Gasteiger partial charge is 0.244 e. The molecule has 1 saturated heterocycles. The van der Waals surface area contributed by atoms with Crippen molar-refractivity contribution in [2.24, 2.45) is 7.05 Å². The predicted molar refractivity (Wildman–Crippen MR) is 115 cm³/mol. The highest BCUT2D eigenvalue weighted by Gasteiger charge is 2.29. The maximum atomic E-state index is 14.4. The van der Waals surface area contributed by atoms with Crippen LogP contribution in [0.3, 0.4) is 0 Å². The van der Waals surface area contributed by atoms with Gasteiger partial charge in [-0.3, -0.25) is 14.3 Å². The molecule has 1 atom stereocenters. The van der Waals surface area contributed by atoms with Crippen molar-refractivity contribution in [3.05, 3.63) is 47.5 Å². The molecular formula is C19H26Cl2FN5O2. The summed E-state index contributed by atoms with van der Waals surface area (Å²) < 4.78 is 16.0. The van der Waals surface area contributed by atoms with E-state index in [0.29, 0.717) is 37.4 Å². The number of Topliss-reactive ketones (excluding diaryl/α,β-unsaturated/α-hetero) is 1. The molecule has 160 valence electrons. The van der Waals surface area contributed by atoms with Gasteiger partial charge < -0.3 is 15.1 Å². The van der Waals surface area contributed by atoms with Crippen LogP contribution in [0.5, 0.6) is 0 Å². The molecule has 3 rings (SSSR count). The lowest BCUT2D eigenvalue weighted by atomic mass is 10.1. The number of hydrogen-bond donors (Lipinski definition) is 1. The number of hydrogen-bond acceptors (Lipinski definition) is 5. The van der Waals surface area contributed by atoms with Gasteiger partial charge in [-0.15, -0.1) is 24.8 Å². The summed E-state index contributed by atoms with van der Waals surface area (Å²) in [6.07, 6.45) is 3.50. The van der Waals surface area contributed by atoms with Crippen molar-refractivity contribution in [1.29, 1.82) is 0 Å². The van der Waals surface area contributed by atoms with E-state index in [1.165, 1.54) is 13.0 Å². The van der Waals surface area contributed by atoms with Gasteiger partial charge in [0.2, 0.25) is 5.91 Å². The van der Waals surface area contributed by atoms with Crippen LogP contribution in [-0.4, -0.2) is 59.6 Å². The predicted octanol–water partition coefficient (Wildman–Crippen LogP) is 2.21. The molecule has 29 heavy (non-hydrogen) atoms. The number of nitrogens with one attached hydrogen (secondary N) is 1. The second kappa shape index (κ2) is 10.6. The van der Waals surface area contributed by atoms with E-state index in [0.717, 1.165) is 5.56 Å². The average Bonchev–Trinajstić information content (AvgIpc) is 3.08. The van der Waals surface area contributed by atoms with Gasteiger partial charge in [-0.25, -0.2) is 4.39 Å². The highest BCUT2D eigenvalue weighted by atomic mass is 35.5. The zero-order valence-corrected chi connectivity index (χ0v) is 18.2. The number of anilines is 1. The number of amides is 1. The van der Waals surface area contributed by atoms with Crippen molar-refractivity contribution in [3.8, 4) is 0 Å². The van der Waals surface area contributed by atoms with Crippen LogP contribution in [0, 0.1) is 5.82 Å². The summed E-state index contributed by atoms with van der Waals surface area (Å²) in [5, 5.41) is 7.17. The first-order chi connectivity index (χ1) is 12.9. The number of carbonyl (C=O) groups is 2. The summed E-state index contributed by atoms with van der Waals surface area (Å²) in [5.41, 5.74) is 1.64. The standard InChI is InChI=1S/C19H24FN5O2.2ClH/c1-13(26)14-4-5-17(16(20)10-14)24-6-8-25(9-7-24)19(27)18(21-2)15-11-22-23(3)12-15;;/h4-5,10-12,18,21H,6-9H2,1-3H3;2*1H. The molecule has 1 amide bonds. The van der Waals surface area contributed by atoms with Gasteiger partial charge >= 0.3 is 0 Å². The third-order valence-electron chi connectivity index (χ3n) is 4.88. The van der Waals surface area contributed by atoms with E-state index in [9.17, 15) is 14.0 Å². The summed E-state index contributed by atoms with van der Waals surface area (Å²) in [6.45, 7) is 3.49. The Kier molecular flexibility index (Phi) is 9.07. The van der Waals surface area contributed by atoms with Gasteiger partial charge in [-0.2, -0.15) is 5.10 Å². The Bertz CT molecular complexity index is 853. The molecule has 1 unspecified atom stereocenters. The Hall–Kier alpha value is -2.16. The summed E-state index contributed by atoms with van der Waals surface area (Å²) in [4.78, 5) is 27.9. The number of nitrogens with zero attached hydrogens (tertiary/aromatic N) is 4. The first kappa shape index (κ1) is 24.9. The maximum absolute atomic E-state index is 14.4. The monoisotopic (exact) mass is 445 g/mol. The summed E-state index contributed by atoms with van der Waals surface area (Å²) in [5.74, 6) is -0.590. The Morgan fingerprint density at radius 3 is 2.31 bits per heavy atom. The van der Waals surface area contributed by atoms with Gasteiger partial charge in [-0.05, 0) is 32.2 Å². The van der Waals surface area contributed by atoms with E-state index in [1.807, 2.05) is 18.1 Å². The van der Waals surface area contributed by atoms with Crippen LogP contribution in [0.25, 0.3) is 0 Å². The molecule has 1 aliphatic heterocycles. The number of carbonyl (C=O) groups excluding carboxylic acids is 2. The molecule has 0 bridgehead atoms. The maximum Gasteiger partial charge on any atom is 0.244 e. The van der Waals surface area contributed by atoms with E-state index in [1.54, 1.807) is 35.0 Å². The van der Waals surface area contributed by atoms with Crippen LogP contribution in [0.2, 0.25) is 0 Å². The molecule has 2 heterocycles. The number of benzene rings is 1. The summed E-state index contributed by atoms with van der Waals surface area (Å²) in [7, 11) is 3.56. The minimum atomic E-state index is -0.447. The van der Waals surface area contributed by atoms with Gasteiger partial charge in [-0.1, -0.05) is 0 Å². The SMILES string of the molecule is CNC(C(=O)N1CCN(c2ccc(C(C)=O)cc2F)CC1)c1cnn(C)c1.Cl.Cl. The quantitative estimate of drug-likeness (QED) is 0.714. The van der Waals surface area contributed by atoms with Crippen LogP contribution >= 0.6 is 24.8 Å². The number of halogens is 3. The van der Waals surface area contributed by atoms with Crippen molar-refractivity contribution in [1.82, 2.24) is 20.0 Å². The Morgan fingerprint density at radius 1 is 1.17 bits per heavy atom. The largest absolute Gasteiger partial charge is 0.366 e. The van der Waals surface area contributed by atoms with Gasteiger partial charge in [0.05, 0.1) is 11.9 Å². The molecule has 0 aliphatic carbocycles. The molecule has 10 heteroatoms. The van der Waals surface area contributed by atoms with Gasteiger partial charge in [0.1, 0.15) is 11.9 Å². The normalized spacial score (nSPS) is 14.6. The zero-order chi connectivity index (χ0) is 19.6. The molecule has 7 nitrogen and oxygen atoms in total. The fraction of sp³-hybridized carbons (Fsp3) is 0.421. The van der Waals surface area contributed by atoms with Crippen LogP contribution < -0.4 is 10.2 Å². The van der Waals surface area contributed by atoms with Gasteiger partial charge in [0, 0.05) is 50.6 Å². The number of aromatic nitrogens is 2. The molecule has 0 radical (unpaired) electrons. The minimum Gasteiger partial charge on any atom is -0.366 e. The van der Waals surface area contributed by atoms with E-state index in [-0.39, 0.29) is 36.5 Å². The lowest BCUT2D eigenvalue weighted by Crippen LogP contribution is -2.51. The van der Waals surface area contributed by atoms with Crippen LogP contribution in [0.1, 0.15) is 28.9 Å². The molecule has 1 aliphatic rings. The number of aryl methyl sites for hydroxylation is 1. The first-order valence-corrected chi connectivity index (χ1v) is 8.90. The second-order valence-corrected chi connectivity index (χ2v) is 6.70. The van der Waals surface area contributed by atoms with Crippen molar-refractivity contribution in [2.75, 3.05) is 38.1 Å². The highest BCUT2D eigenvalue weighted by Crippen LogP contribution is 2.23. The molecule has 1 aromatic carbocycles. The Morgan fingerprint density at radius 2 is 1.83 bits per heavy atom. The molecule has 0 spiro atoms. The van der Waals surface area contributed by atoms with Crippen LogP contribution in [0.4, 0.5) is 10.1 Å². The van der Waals surface area contributed by atoms with E-state index in [2.05, 4.69) is 10.4 Å². The lowest BCUT2D eigenvalue weighted by Gasteiger charge is -2.37. The Labute approximate surface area is 182 Å². The minimum absolute atomic E-state index is 0. The molecule has 1 N–H and O–H groups in total. The topological polar surface area (TPSA) is 70.5 Å². The molecule has 2 aromatic rings. The fourth-order valence-corrected chi connectivity index (χ4v) is 3.35. The van der Waals surface area contributed by atoms with E-state index in [4.69, 9.17) is 0 Å². The van der Waals surface area contributed by atoms with Gasteiger partial charge in [0.15, 0.2) is 5.78 Å². The first-order valence-electron chi connectivity index (χ1n) is 8.90. The molecule has 0 saturated carbocycles. The molecular weight excluding hydrogens is 420 g/mol. The van der Waals surface area contributed by atoms with Crippen LogP contribution in [-0.2, 0) is 11.8 Å². The summed E-state index contributed by atoms with van der Waals surface area (Å²) >= 11 is 0. The third kappa shape index (κ3) is 5.46. The van der Waals surface area contributed by atoms with Crippen molar-refractivity contribution in [2.45, 2.75) is 13.0 Å². The van der Waals surface area contributed by atoms with Crippen molar-refractivity contribution in [3.63, 3.8) is 0 Å². The van der Waals surface area contributed by atoms with E-state index < -0.39 is 11.9 Å². The number of likely N-dealkylation sites (N-methyl/N-ethyl adjacent to an activating group) is 1. The van der Waals surface area contributed by atoms with Crippen molar-refractivity contribution < 1.29 is 14.0 Å². The molecule has 1 fully saturated rings. The lowest BCUT2D eigenvalue weighted by molar-refractivity contribution is -0.133.